The van der Waals surface area contributed by atoms with Crippen LogP contribution >= 0.6 is 22.9 Å². The van der Waals surface area contributed by atoms with E-state index in [1.54, 1.807) is 24.3 Å². The Bertz CT molecular complexity index is 871. The van der Waals surface area contributed by atoms with Crippen LogP contribution in [0.2, 0.25) is 5.02 Å². The highest BCUT2D eigenvalue weighted by atomic mass is 35.5. The number of nitrogens with one attached hydrogen (secondary N) is 1. The molecule has 22 heavy (non-hydrogen) atoms. The van der Waals surface area contributed by atoms with Gasteiger partial charge in [-0.3, -0.25) is 10.1 Å². The van der Waals surface area contributed by atoms with Crippen molar-refractivity contribution in [1.29, 1.82) is 5.26 Å². The molecule has 0 bridgehead atoms. The maximum absolute atomic E-state index is 12.2. The summed E-state index contributed by atoms with van der Waals surface area (Å²) in [5.41, 5.74) is 2.79. The van der Waals surface area contributed by atoms with E-state index in [1.807, 2.05) is 25.1 Å². The van der Waals surface area contributed by atoms with Gasteiger partial charge < -0.3 is 0 Å². The summed E-state index contributed by atoms with van der Waals surface area (Å²) >= 11 is 7.50. The van der Waals surface area contributed by atoms with Gasteiger partial charge in [0.1, 0.15) is 0 Å². The predicted molar refractivity (Wildman–Crippen MR) is 88.5 cm³/mol. The average Bonchev–Trinajstić information content (AvgIpc) is 2.96. The minimum absolute atomic E-state index is 0.266. The minimum atomic E-state index is -0.266. The highest BCUT2D eigenvalue weighted by molar-refractivity contribution is 7.23. The van der Waals surface area contributed by atoms with Crippen molar-refractivity contribution in [2.75, 3.05) is 5.32 Å². The van der Waals surface area contributed by atoms with E-state index in [4.69, 9.17) is 16.9 Å². The van der Waals surface area contributed by atoms with E-state index in [-0.39, 0.29) is 5.91 Å². The van der Waals surface area contributed by atoms with E-state index < -0.39 is 0 Å². The Balaban J connectivity index is 1.89. The van der Waals surface area contributed by atoms with Gasteiger partial charge in [-0.2, -0.15) is 5.26 Å². The Morgan fingerprint density at radius 1 is 1.27 bits per heavy atom. The molecule has 1 aromatic heterocycles. The van der Waals surface area contributed by atoms with Crippen molar-refractivity contribution in [3.05, 3.63) is 58.1 Å². The van der Waals surface area contributed by atoms with Gasteiger partial charge >= 0.3 is 0 Å². The molecule has 0 radical (unpaired) electrons. The normalized spacial score (nSPS) is 10.4. The fourth-order valence-corrected chi connectivity index (χ4v) is 3.23. The van der Waals surface area contributed by atoms with Crippen LogP contribution in [0.3, 0.4) is 0 Å². The van der Waals surface area contributed by atoms with Crippen LogP contribution in [-0.2, 0) is 0 Å². The lowest BCUT2D eigenvalue weighted by molar-refractivity contribution is 0.102. The van der Waals surface area contributed by atoms with Crippen molar-refractivity contribution in [1.82, 2.24) is 4.98 Å². The Morgan fingerprint density at radius 3 is 2.64 bits per heavy atom. The van der Waals surface area contributed by atoms with Crippen LogP contribution in [-0.4, -0.2) is 10.9 Å². The number of rotatable bonds is 2. The van der Waals surface area contributed by atoms with Crippen LogP contribution in [0.1, 0.15) is 21.5 Å². The number of thiazole rings is 1. The molecular weight excluding hydrogens is 318 g/mol. The lowest BCUT2D eigenvalue weighted by atomic mass is 10.1. The summed E-state index contributed by atoms with van der Waals surface area (Å²) in [6.07, 6.45) is 0. The summed E-state index contributed by atoms with van der Waals surface area (Å²) in [6, 6.07) is 12.2. The molecule has 6 heteroatoms. The van der Waals surface area contributed by atoms with Gasteiger partial charge in [-0.05, 0) is 42.8 Å². The van der Waals surface area contributed by atoms with Crippen LogP contribution < -0.4 is 5.32 Å². The molecular formula is C16H10ClN3OS. The number of benzene rings is 2. The van der Waals surface area contributed by atoms with E-state index in [2.05, 4.69) is 10.3 Å². The molecule has 1 heterocycles. The monoisotopic (exact) mass is 327 g/mol. The molecule has 0 unspecified atom stereocenters. The Hall–Kier alpha value is -2.42. The van der Waals surface area contributed by atoms with Crippen molar-refractivity contribution >= 4 is 44.2 Å². The first kappa shape index (κ1) is 14.5. The van der Waals surface area contributed by atoms with Gasteiger partial charge in [0.2, 0.25) is 0 Å². The largest absolute Gasteiger partial charge is 0.298 e. The first-order valence-corrected chi connectivity index (χ1v) is 7.65. The molecule has 3 aromatic rings. The molecule has 1 N–H and O–H groups in total. The van der Waals surface area contributed by atoms with Crippen LogP contribution in [0.4, 0.5) is 5.13 Å². The van der Waals surface area contributed by atoms with E-state index in [0.717, 1.165) is 15.8 Å². The van der Waals surface area contributed by atoms with Crippen LogP contribution in [0, 0.1) is 18.3 Å². The number of aryl methyl sites for hydroxylation is 1. The number of carbonyl (C=O) groups is 1. The number of hydrogen-bond acceptors (Lipinski definition) is 4. The second-order valence-electron chi connectivity index (χ2n) is 4.70. The molecule has 2 aromatic carbocycles. The molecule has 0 saturated heterocycles. The van der Waals surface area contributed by atoms with Crippen molar-refractivity contribution in [3.63, 3.8) is 0 Å². The molecule has 0 fully saturated rings. The Labute approximate surface area is 136 Å². The molecule has 0 aliphatic heterocycles. The standard InChI is InChI=1S/C16H10ClN3OS/c1-9-2-7-12(17)14-13(9)19-16(22-14)20-15(21)11-5-3-10(8-18)4-6-11/h2-7H,1H3,(H,19,20,21). The number of halogens is 1. The third kappa shape index (κ3) is 2.67. The first-order valence-electron chi connectivity index (χ1n) is 6.45. The molecule has 0 aliphatic rings. The zero-order chi connectivity index (χ0) is 15.7. The van der Waals surface area contributed by atoms with Gasteiger partial charge in [0.25, 0.3) is 5.91 Å². The highest BCUT2D eigenvalue weighted by Gasteiger charge is 2.13. The summed E-state index contributed by atoms with van der Waals surface area (Å²) in [7, 11) is 0. The van der Waals surface area contributed by atoms with E-state index in [0.29, 0.717) is 21.3 Å². The smallest absolute Gasteiger partial charge is 0.257 e. The lowest BCUT2D eigenvalue weighted by Gasteiger charge is -2.01. The molecule has 3 rings (SSSR count). The molecule has 4 nitrogen and oxygen atoms in total. The summed E-state index contributed by atoms with van der Waals surface area (Å²) in [6.45, 7) is 1.95. The molecule has 0 saturated carbocycles. The number of hydrogen-bond donors (Lipinski definition) is 1. The zero-order valence-electron chi connectivity index (χ0n) is 11.6. The van der Waals surface area contributed by atoms with E-state index >= 15 is 0 Å². The predicted octanol–water partition coefficient (Wildman–Crippen LogP) is 4.38. The van der Waals surface area contributed by atoms with Crippen molar-refractivity contribution < 1.29 is 4.79 Å². The number of nitriles is 1. The van der Waals surface area contributed by atoms with E-state index in [1.165, 1.54) is 11.3 Å². The third-order valence-electron chi connectivity index (χ3n) is 3.19. The summed E-state index contributed by atoms with van der Waals surface area (Å²) < 4.78 is 0.858. The molecule has 0 atom stereocenters. The van der Waals surface area contributed by atoms with Crippen molar-refractivity contribution in [2.45, 2.75) is 6.92 Å². The Kier molecular flexibility index (Phi) is 3.80. The van der Waals surface area contributed by atoms with Gasteiger partial charge in [-0.25, -0.2) is 4.98 Å². The number of anilines is 1. The fraction of sp³-hybridized carbons (Fsp3) is 0.0625. The quantitative estimate of drug-likeness (QED) is 0.759. The lowest BCUT2D eigenvalue weighted by Crippen LogP contribution is -2.11. The van der Waals surface area contributed by atoms with Gasteiger partial charge in [0.15, 0.2) is 5.13 Å². The summed E-state index contributed by atoms with van der Waals surface area (Å²) in [5, 5.41) is 12.7. The fourth-order valence-electron chi connectivity index (χ4n) is 2.02. The second-order valence-corrected chi connectivity index (χ2v) is 6.11. The van der Waals surface area contributed by atoms with Gasteiger partial charge in [-0.1, -0.05) is 29.0 Å². The van der Waals surface area contributed by atoms with E-state index in [9.17, 15) is 4.79 Å². The average molecular weight is 328 g/mol. The topological polar surface area (TPSA) is 65.8 Å². The van der Waals surface area contributed by atoms with Gasteiger partial charge in [0.05, 0.1) is 26.9 Å². The number of fused-ring (bicyclic) bond motifs is 1. The third-order valence-corrected chi connectivity index (χ3v) is 4.63. The summed E-state index contributed by atoms with van der Waals surface area (Å²) in [5.74, 6) is -0.266. The van der Waals surface area contributed by atoms with Crippen LogP contribution in [0.25, 0.3) is 10.2 Å². The maximum atomic E-state index is 12.2. The number of aromatic nitrogens is 1. The molecule has 1 amide bonds. The number of amides is 1. The molecule has 0 aliphatic carbocycles. The van der Waals surface area contributed by atoms with Crippen LogP contribution in [0.5, 0.6) is 0 Å². The number of nitrogens with zero attached hydrogens (tertiary/aromatic N) is 2. The Morgan fingerprint density at radius 2 is 2.00 bits per heavy atom. The summed E-state index contributed by atoms with van der Waals surface area (Å²) in [4.78, 5) is 16.6. The van der Waals surface area contributed by atoms with Crippen molar-refractivity contribution in [3.8, 4) is 6.07 Å². The number of carbonyl (C=O) groups excluding carboxylic acids is 1. The van der Waals surface area contributed by atoms with Crippen LogP contribution in [0.15, 0.2) is 36.4 Å². The maximum Gasteiger partial charge on any atom is 0.257 e. The van der Waals surface area contributed by atoms with Gasteiger partial charge in [-0.15, -0.1) is 0 Å². The molecule has 108 valence electrons. The van der Waals surface area contributed by atoms with Crippen molar-refractivity contribution in [2.24, 2.45) is 0 Å². The molecule has 0 spiro atoms. The SMILES string of the molecule is Cc1ccc(Cl)c2sc(NC(=O)c3ccc(C#N)cc3)nc12. The minimum Gasteiger partial charge on any atom is -0.298 e. The first-order chi connectivity index (χ1) is 10.6. The second kappa shape index (κ2) is 5.76. The highest BCUT2D eigenvalue weighted by Crippen LogP contribution is 2.33. The van der Waals surface area contributed by atoms with Gasteiger partial charge in [0, 0.05) is 5.56 Å². The zero-order valence-corrected chi connectivity index (χ0v) is 13.1.